The van der Waals surface area contributed by atoms with E-state index in [0.717, 1.165) is 0 Å². The highest BCUT2D eigenvalue weighted by Crippen LogP contribution is 2.05. The van der Waals surface area contributed by atoms with E-state index in [2.05, 4.69) is 0 Å². The van der Waals surface area contributed by atoms with Crippen molar-refractivity contribution in [2.24, 2.45) is 5.73 Å². The molecule has 4 heteroatoms. The third-order valence-corrected chi connectivity index (χ3v) is 0.994. The highest BCUT2D eigenvalue weighted by Gasteiger charge is 2.26. The van der Waals surface area contributed by atoms with Gasteiger partial charge in [-0.1, -0.05) is 6.92 Å². The minimum Gasteiger partial charge on any atom is -0.373 e. The van der Waals surface area contributed by atoms with Crippen LogP contribution in [0.4, 0.5) is 0 Å². The maximum absolute atomic E-state index is 8.58. The third-order valence-electron chi connectivity index (χ3n) is 0.994. The highest BCUT2D eigenvalue weighted by atomic mass is 16.5. The third kappa shape index (κ3) is 1.75. The molecule has 8 heavy (non-hydrogen) atoms. The molecule has 0 bridgehead atoms. The van der Waals surface area contributed by atoms with Crippen LogP contribution in [-0.4, -0.2) is 27.3 Å². The number of aliphatic hydroxyl groups is 3. The van der Waals surface area contributed by atoms with Crippen LogP contribution >= 0.6 is 0 Å². The predicted molar refractivity (Wildman–Crippen MR) is 27.7 cm³/mol. The molecular formula is C4H11NO3. The molecule has 1 unspecified atom stereocenters. The van der Waals surface area contributed by atoms with E-state index in [4.69, 9.17) is 21.1 Å². The van der Waals surface area contributed by atoms with Crippen LogP contribution in [0.25, 0.3) is 0 Å². The quantitative estimate of drug-likeness (QED) is 0.330. The zero-order valence-electron chi connectivity index (χ0n) is 4.70. The Morgan fingerprint density at radius 1 is 1.62 bits per heavy atom. The summed E-state index contributed by atoms with van der Waals surface area (Å²) >= 11 is 0. The van der Waals surface area contributed by atoms with Crippen LogP contribution in [0, 0.1) is 0 Å². The van der Waals surface area contributed by atoms with Crippen molar-refractivity contribution in [3.8, 4) is 0 Å². The van der Waals surface area contributed by atoms with Crippen LogP contribution in [0.15, 0.2) is 0 Å². The van der Waals surface area contributed by atoms with E-state index in [1.807, 2.05) is 0 Å². The normalized spacial score (nSPS) is 16.1. The van der Waals surface area contributed by atoms with E-state index < -0.39 is 12.0 Å². The molecule has 0 aliphatic carbocycles. The van der Waals surface area contributed by atoms with Crippen LogP contribution < -0.4 is 5.73 Å². The molecule has 1 atom stereocenters. The lowest BCUT2D eigenvalue weighted by Crippen LogP contribution is -2.47. The van der Waals surface area contributed by atoms with E-state index in [1.165, 1.54) is 6.92 Å². The summed E-state index contributed by atoms with van der Waals surface area (Å²) in [6.45, 7) is 1.51. The Bertz CT molecular complexity index is 71.7. The second kappa shape index (κ2) is 2.41. The summed E-state index contributed by atoms with van der Waals surface area (Å²) in [5, 5.41) is 25.5. The van der Waals surface area contributed by atoms with Crippen LogP contribution in [-0.2, 0) is 0 Å². The van der Waals surface area contributed by atoms with Gasteiger partial charge in [0.05, 0.1) is 0 Å². The van der Waals surface area contributed by atoms with Crippen LogP contribution in [0.3, 0.4) is 0 Å². The van der Waals surface area contributed by atoms with E-state index in [9.17, 15) is 0 Å². The largest absolute Gasteiger partial charge is 0.373 e. The number of hydrogen-bond donors (Lipinski definition) is 4. The van der Waals surface area contributed by atoms with Crippen LogP contribution in [0.1, 0.15) is 13.3 Å². The molecule has 0 aliphatic rings. The van der Waals surface area contributed by atoms with Crippen molar-refractivity contribution in [3.63, 3.8) is 0 Å². The van der Waals surface area contributed by atoms with Gasteiger partial charge in [0.1, 0.15) is 0 Å². The fraction of sp³-hybridized carbons (Fsp3) is 1.00. The molecule has 0 rings (SSSR count). The van der Waals surface area contributed by atoms with Gasteiger partial charge in [0, 0.05) is 6.42 Å². The monoisotopic (exact) mass is 121 g/mol. The second-order valence-corrected chi connectivity index (χ2v) is 1.68. The smallest absolute Gasteiger partial charge is 0.202 e. The fourth-order valence-electron chi connectivity index (χ4n) is 0.209. The SMILES string of the molecule is CCC(O)(O)C(N)O. The summed E-state index contributed by atoms with van der Waals surface area (Å²) < 4.78 is 0. The van der Waals surface area contributed by atoms with E-state index in [-0.39, 0.29) is 6.42 Å². The van der Waals surface area contributed by atoms with Crippen molar-refractivity contribution >= 4 is 0 Å². The Labute approximate surface area is 47.6 Å². The standard InChI is InChI=1S/C4H11NO3/c1-2-4(7,8)3(5)6/h3,6-8H,2,5H2,1H3. The molecule has 0 saturated carbocycles. The van der Waals surface area contributed by atoms with Crippen molar-refractivity contribution in [2.45, 2.75) is 25.4 Å². The highest BCUT2D eigenvalue weighted by molar-refractivity contribution is 4.66. The molecule has 0 aliphatic heterocycles. The van der Waals surface area contributed by atoms with Crippen LogP contribution in [0.5, 0.6) is 0 Å². The van der Waals surface area contributed by atoms with Gasteiger partial charge in [-0.15, -0.1) is 0 Å². The first-order valence-electron chi connectivity index (χ1n) is 2.39. The van der Waals surface area contributed by atoms with Crippen LogP contribution in [0.2, 0.25) is 0 Å². The molecular weight excluding hydrogens is 110 g/mol. The minimum absolute atomic E-state index is 0.0185. The first-order valence-corrected chi connectivity index (χ1v) is 2.39. The zero-order chi connectivity index (χ0) is 6.78. The van der Waals surface area contributed by atoms with Crippen molar-refractivity contribution in [1.29, 1.82) is 0 Å². The number of nitrogens with two attached hydrogens (primary N) is 1. The van der Waals surface area contributed by atoms with Crippen molar-refractivity contribution in [1.82, 2.24) is 0 Å². The van der Waals surface area contributed by atoms with Gasteiger partial charge < -0.3 is 21.1 Å². The maximum Gasteiger partial charge on any atom is 0.202 e. The molecule has 5 N–H and O–H groups in total. The number of rotatable bonds is 2. The van der Waals surface area contributed by atoms with Gasteiger partial charge in [0.25, 0.3) is 0 Å². The molecule has 0 fully saturated rings. The fourth-order valence-corrected chi connectivity index (χ4v) is 0.209. The molecule has 0 aromatic heterocycles. The lowest BCUT2D eigenvalue weighted by molar-refractivity contribution is -0.224. The Morgan fingerprint density at radius 2 is 2.00 bits per heavy atom. The molecule has 0 radical (unpaired) electrons. The van der Waals surface area contributed by atoms with Crippen molar-refractivity contribution in [3.05, 3.63) is 0 Å². The molecule has 0 aromatic carbocycles. The summed E-state index contributed by atoms with van der Waals surface area (Å²) in [4.78, 5) is 0. The van der Waals surface area contributed by atoms with Gasteiger partial charge in [-0.3, -0.25) is 0 Å². The lowest BCUT2D eigenvalue weighted by atomic mass is 10.2. The molecule has 0 heterocycles. The Morgan fingerprint density at radius 3 is 2.00 bits per heavy atom. The Balaban J connectivity index is 3.71. The minimum atomic E-state index is -2.12. The first kappa shape index (κ1) is 7.84. The van der Waals surface area contributed by atoms with Crippen molar-refractivity contribution < 1.29 is 15.3 Å². The van der Waals surface area contributed by atoms with E-state index in [1.54, 1.807) is 0 Å². The lowest BCUT2D eigenvalue weighted by Gasteiger charge is -2.21. The summed E-state index contributed by atoms with van der Waals surface area (Å²) in [5.74, 6) is -2.12. The summed E-state index contributed by atoms with van der Waals surface area (Å²) in [5.41, 5.74) is 4.74. The van der Waals surface area contributed by atoms with Gasteiger partial charge >= 0.3 is 0 Å². The van der Waals surface area contributed by atoms with Gasteiger partial charge in [-0.05, 0) is 0 Å². The molecule has 0 saturated heterocycles. The Kier molecular flexibility index (Phi) is 2.36. The number of aliphatic hydroxyl groups excluding tert-OH is 1. The average molecular weight is 121 g/mol. The molecule has 50 valence electrons. The average Bonchev–Trinajstić information content (AvgIpc) is 1.67. The van der Waals surface area contributed by atoms with E-state index >= 15 is 0 Å². The molecule has 0 amide bonds. The number of hydrogen-bond acceptors (Lipinski definition) is 4. The Hall–Kier alpha value is -0.160. The van der Waals surface area contributed by atoms with Gasteiger partial charge in [-0.2, -0.15) is 0 Å². The van der Waals surface area contributed by atoms with Gasteiger partial charge in [0.2, 0.25) is 5.79 Å². The van der Waals surface area contributed by atoms with Crippen molar-refractivity contribution in [2.75, 3.05) is 0 Å². The zero-order valence-corrected chi connectivity index (χ0v) is 4.70. The van der Waals surface area contributed by atoms with Gasteiger partial charge in [0.15, 0.2) is 6.23 Å². The first-order chi connectivity index (χ1) is 3.50. The topological polar surface area (TPSA) is 86.7 Å². The summed E-state index contributed by atoms with van der Waals surface area (Å²) in [7, 11) is 0. The summed E-state index contributed by atoms with van der Waals surface area (Å²) in [6.07, 6.45) is -1.56. The molecule has 0 spiro atoms. The summed E-state index contributed by atoms with van der Waals surface area (Å²) in [6, 6.07) is 0. The van der Waals surface area contributed by atoms with E-state index in [0.29, 0.717) is 0 Å². The maximum atomic E-state index is 8.58. The second-order valence-electron chi connectivity index (χ2n) is 1.68. The van der Waals surface area contributed by atoms with Gasteiger partial charge in [-0.25, -0.2) is 0 Å². The molecule has 4 nitrogen and oxygen atoms in total. The molecule has 0 aromatic rings. The predicted octanol–water partition coefficient (Wildman–Crippen LogP) is -1.65.